The van der Waals surface area contributed by atoms with Crippen molar-refractivity contribution >= 4 is 33.4 Å². The largest absolute Gasteiger partial charge is 0.493 e. The lowest BCUT2D eigenvalue weighted by Crippen LogP contribution is -2.22. The van der Waals surface area contributed by atoms with Crippen molar-refractivity contribution in [2.45, 2.75) is 13.0 Å². The van der Waals surface area contributed by atoms with E-state index in [4.69, 9.17) is 14.2 Å². The number of anilines is 1. The van der Waals surface area contributed by atoms with E-state index in [1.54, 1.807) is 41.2 Å². The number of fused-ring (bicyclic) bond motifs is 2. The Kier molecular flexibility index (Phi) is 6.51. The molecule has 0 atom stereocenters. The smallest absolute Gasteiger partial charge is 0.261 e. The molecule has 0 fully saturated rings. The third kappa shape index (κ3) is 4.58. The first-order valence-electron chi connectivity index (χ1n) is 11.7. The number of aromatic nitrogens is 3. The highest BCUT2D eigenvalue weighted by molar-refractivity contribution is 6.05. The quantitative estimate of drug-likeness (QED) is 0.328. The summed E-state index contributed by atoms with van der Waals surface area (Å²) in [5.41, 5.74) is 3.37. The summed E-state index contributed by atoms with van der Waals surface area (Å²) in [6, 6.07) is 16.3. The van der Waals surface area contributed by atoms with Crippen LogP contribution >= 0.6 is 0 Å². The molecule has 2 aromatic heterocycles. The highest BCUT2D eigenvalue weighted by Crippen LogP contribution is 2.38. The maximum absolute atomic E-state index is 13.3. The van der Waals surface area contributed by atoms with Gasteiger partial charge in [-0.25, -0.2) is 4.98 Å². The number of rotatable bonds is 8. The van der Waals surface area contributed by atoms with Gasteiger partial charge in [0.15, 0.2) is 11.5 Å². The molecule has 2 heterocycles. The van der Waals surface area contributed by atoms with Gasteiger partial charge in [0.2, 0.25) is 5.75 Å². The fraction of sp³-hybridized carbons (Fsp3) is 0.179. The van der Waals surface area contributed by atoms with Gasteiger partial charge in [0, 0.05) is 34.9 Å². The Hall–Kier alpha value is -4.79. The van der Waals surface area contributed by atoms with E-state index < -0.39 is 0 Å². The number of hydrogen-bond acceptors (Lipinski definition) is 6. The van der Waals surface area contributed by atoms with Crippen LogP contribution in [0.1, 0.15) is 15.9 Å². The van der Waals surface area contributed by atoms with Gasteiger partial charge in [0.05, 0.1) is 38.6 Å². The van der Waals surface area contributed by atoms with Gasteiger partial charge in [-0.1, -0.05) is 18.2 Å². The first-order chi connectivity index (χ1) is 18.0. The molecule has 1 amide bonds. The summed E-state index contributed by atoms with van der Waals surface area (Å²) >= 11 is 0. The molecule has 3 aromatic carbocycles. The van der Waals surface area contributed by atoms with Gasteiger partial charge in [0.1, 0.15) is 0 Å². The average molecular weight is 499 g/mol. The van der Waals surface area contributed by atoms with Gasteiger partial charge in [0.25, 0.3) is 11.5 Å². The van der Waals surface area contributed by atoms with Crippen molar-refractivity contribution in [2.75, 3.05) is 26.6 Å². The molecule has 5 aromatic rings. The summed E-state index contributed by atoms with van der Waals surface area (Å²) in [6.45, 7) is 0.478. The molecule has 0 saturated heterocycles. The SMILES string of the molecule is COc1cc(C(=O)Nc2ccc3ncn(CCc4c[nH]c5ccccc45)c(=O)c3c2)cc(OC)c1OC. The van der Waals surface area contributed by atoms with Gasteiger partial charge in [-0.2, -0.15) is 0 Å². The van der Waals surface area contributed by atoms with E-state index in [-0.39, 0.29) is 11.5 Å². The molecule has 9 heteroatoms. The van der Waals surface area contributed by atoms with Crippen LogP contribution < -0.4 is 25.1 Å². The van der Waals surface area contributed by atoms with E-state index in [9.17, 15) is 9.59 Å². The van der Waals surface area contributed by atoms with E-state index >= 15 is 0 Å². The molecule has 0 bridgehead atoms. The van der Waals surface area contributed by atoms with Crippen molar-refractivity contribution in [2.24, 2.45) is 0 Å². The van der Waals surface area contributed by atoms with E-state index in [2.05, 4.69) is 21.4 Å². The molecule has 9 nitrogen and oxygen atoms in total. The number of ether oxygens (including phenoxy) is 3. The fourth-order valence-corrected chi connectivity index (χ4v) is 4.39. The number of nitrogens with one attached hydrogen (secondary N) is 2. The molecule has 0 spiro atoms. The highest BCUT2D eigenvalue weighted by atomic mass is 16.5. The van der Waals surface area contributed by atoms with Crippen LogP contribution in [0.4, 0.5) is 5.69 Å². The topological polar surface area (TPSA) is 107 Å². The van der Waals surface area contributed by atoms with Crippen LogP contribution in [0.2, 0.25) is 0 Å². The fourth-order valence-electron chi connectivity index (χ4n) is 4.39. The summed E-state index contributed by atoms with van der Waals surface area (Å²) in [5, 5.41) is 4.40. The maximum Gasteiger partial charge on any atom is 0.261 e. The van der Waals surface area contributed by atoms with Gasteiger partial charge >= 0.3 is 0 Å². The lowest BCUT2D eigenvalue weighted by atomic mass is 10.1. The second-order valence-corrected chi connectivity index (χ2v) is 8.45. The molecular weight excluding hydrogens is 472 g/mol. The summed E-state index contributed by atoms with van der Waals surface area (Å²) in [4.78, 5) is 34.0. The predicted molar refractivity (Wildman–Crippen MR) is 142 cm³/mol. The molecule has 0 radical (unpaired) electrons. The second-order valence-electron chi connectivity index (χ2n) is 8.45. The minimum Gasteiger partial charge on any atom is -0.493 e. The van der Waals surface area contributed by atoms with Crippen molar-refractivity contribution < 1.29 is 19.0 Å². The van der Waals surface area contributed by atoms with Crippen LogP contribution in [-0.2, 0) is 13.0 Å². The van der Waals surface area contributed by atoms with Crippen LogP contribution in [0.15, 0.2) is 71.9 Å². The number of aromatic amines is 1. The van der Waals surface area contributed by atoms with Crippen LogP contribution in [0.25, 0.3) is 21.8 Å². The number of H-pyrrole nitrogens is 1. The molecule has 0 unspecified atom stereocenters. The monoisotopic (exact) mass is 498 g/mol. The molecule has 0 aliphatic rings. The number of nitrogens with zero attached hydrogens (tertiary/aromatic N) is 2. The van der Waals surface area contributed by atoms with Crippen molar-refractivity contribution in [1.29, 1.82) is 0 Å². The van der Waals surface area contributed by atoms with Gasteiger partial charge in [-0.05, 0) is 48.4 Å². The zero-order valence-electron chi connectivity index (χ0n) is 20.7. The zero-order valence-corrected chi connectivity index (χ0v) is 20.7. The van der Waals surface area contributed by atoms with Crippen LogP contribution in [0, 0.1) is 0 Å². The third-order valence-electron chi connectivity index (χ3n) is 6.31. The summed E-state index contributed by atoms with van der Waals surface area (Å²) < 4.78 is 17.6. The second kappa shape index (κ2) is 10.1. The van der Waals surface area contributed by atoms with Crippen molar-refractivity contribution in [3.05, 3.63) is 88.6 Å². The molecule has 188 valence electrons. The van der Waals surface area contributed by atoms with Gasteiger partial charge < -0.3 is 24.5 Å². The van der Waals surface area contributed by atoms with E-state index in [0.29, 0.717) is 52.4 Å². The minimum atomic E-state index is -0.387. The van der Waals surface area contributed by atoms with Crippen molar-refractivity contribution in [3.63, 3.8) is 0 Å². The normalized spacial score (nSPS) is 11.0. The molecule has 37 heavy (non-hydrogen) atoms. The maximum atomic E-state index is 13.3. The molecule has 0 aliphatic carbocycles. The molecule has 0 saturated carbocycles. The molecule has 5 rings (SSSR count). The predicted octanol–water partition coefficient (Wildman–Crippen LogP) is 4.40. The Morgan fingerprint density at radius 3 is 2.46 bits per heavy atom. The van der Waals surface area contributed by atoms with Crippen molar-refractivity contribution in [3.8, 4) is 17.2 Å². The Morgan fingerprint density at radius 2 is 1.73 bits per heavy atom. The number of aryl methyl sites for hydroxylation is 2. The number of carbonyl (C=O) groups excluding carboxylic acids is 1. The Bertz CT molecular complexity index is 1650. The van der Waals surface area contributed by atoms with Gasteiger partial charge in [-0.3, -0.25) is 14.2 Å². The van der Waals surface area contributed by atoms with Crippen LogP contribution in [-0.4, -0.2) is 41.8 Å². The number of carbonyl (C=O) groups is 1. The van der Waals surface area contributed by atoms with Crippen molar-refractivity contribution in [1.82, 2.24) is 14.5 Å². The average Bonchev–Trinajstić information content (AvgIpc) is 3.35. The van der Waals surface area contributed by atoms with Gasteiger partial charge in [-0.15, -0.1) is 0 Å². The number of para-hydroxylation sites is 1. The first kappa shape index (κ1) is 23.9. The first-order valence-corrected chi connectivity index (χ1v) is 11.7. The van der Waals surface area contributed by atoms with E-state index in [1.807, 2.05) is 24.4 Å². The summed E-state index contributed by atoms with van der Waals surface area (Å²) in [6.07, 6.45) is 4.21. The summed E-state index contributed by atoms with van der Waals surface area (Å²) in [7, 11) is 4.47. The Labute approximate surface area is 212 Å². The Morgan fingerprint density at radius 1 is 0.973 bits per heavy atom. The number of amides is 1. The molecule has 0 aliphatic heterocycles. The Balaban J connectivity index is 1.39. The highest BCUT2D eigenvalue weighted by Gasteiger charge is 2.17. The lowest BCUT2D eigenvalue weighted by molar-refractivity contribution is 0.102. The summed E-state index contributed by atoms with van der Waals surface area (Å²) in [5.74, 6) is 0.745. The molecular formula is C28H26N4O5. The van der Waals surface area contributed by atoms with E-state index in [1.165, 1.54) is 21.3 Å². The lowest BCUT2D eigenvalue weighted by Gasteiger charge is -2.14. The minimum absolute atomic E-state index is 0.172. The van der Waals surface area contributed by atoms with Crippen LogP contribution in [0.5, 0.6) is 17.2 Å². The standard InChI is InChI=1S/C28H26N4O5/c1-35-24-12-18(13-25(36-2)26(24)37-3)27(33)31-19-8-9-23-21(14-19)28(34)32(16-30-23)11-10-17-15-29-22-7-5-4-6-20(17)22/h4-9,12-16,29H,10-11H2,1-3H3,(H,31,33). The number of methoxy groups -OCH3 is 3. The van der Waals surface area contributed by atoms with Crippen LogP contribution in [0.3, 0.4) is 0 Å². The number of hydrogen-bond donors (Lipinski definition) is 2. The third-order valence-corrected chi connectivity index (χ3v) is 6.31. The number of benzene rings is 3. The van der Waals surface area contributed by atoms with E-state index in [0.717, 1.165) is 16.5 Å². The zero-order chi connectivity index (χ0) is 25.9. The molecule has 2 N–H and O–H groups in total.